The number of methoxy groups -OCH3 is 1. The second-order valence-corrected chi connectivity index (χ2v) is 7.12. The zero-order valence-corrected chi connectivity index (χ0v) is 15.9. The number of thiazole rings is 1. The average molecular weight is 387 g/mol. The standard InChI is InChI=1S/C20H19ClN2O2S/c1-25-11-10-14-2-6-16(7-3-14)18-13-26-20(22-18)23-19(24)12-15-4-8-17(21)9-5-15/h2-9,13H,10-12H2,1H3,(H,22,23,24). The Morgan fingerprint density at radius 3 is 2.50 bits per heavy atom. The van der Waals surface area contributed by atoms with E-state index >= 15 is 0 Å². The predicted octanol–water partition coefficient (Wildman–Crippen LogP) is 4.83. The zero-order chi connectivity index (χ0) is 18.4. The van der Waals surface area contributed by atoms with Gasteiger partial charge in [0.05, 0.1) is 18.7 Å². The van der Waals surface area contributed by atoms with Crippen LogP contribution in [0.4, 0.5) is 5.13 Å². The van der Waals surface area contributed by atoms with Gasteiger partial charge in [-0.15, -0.1) is 11.3 Å². The maximum Gasteiger partial charge on any atom is 0.230 e. The van der Waals surface area contributed by atoms with E-state index in [1.807, 2.05) is 29.6 Å². The molecule has 0 aliphatic heterocycles. The van der Waals surface area contributed by atoms with E-state index in [4.69, 9.17) is 16.3 Å². The van der Waals surface area contributed by atoms with E-state index in [1.54, 1.807) is 19.2 Å². The molecule has 0 aliphatic carbocycles. The molecule has 134 valence electrons. The molecule has 0 atom stereocenters. The number of benzene rings is 2. The normalized spacial score (nSPS) is 10.7. The highest BCUT2D eigenvalue weighted by Gasteiger charge is 2.09. The van der Waals surface area contributed by atoms with Gasteiger partial charge in [0.15, 0.2) is 5.13 Å². The van der Waals surface area contributed by atoms with Crippen molar-refractivity contribution in [1.82, 2.24) is 4.98 Å². The lowest BCUT2D eigenvalue weighted by Gasteiger charge is -2.03. The van der Waals surface area contributed by atoms with Crippen LogP contribution in [0.3, 0.4) is 0 Å². The quantitative estimate of drug-likeness (QED) is 0.632. The topological polar surface area (TPSA) is 51.2 Å². The number of aromatic nitrogens is 1. The van der Waals surface area contributed by atoms with Crippen LogP contribution in [0.25, 0.3) is 11.3 Å². The van der Waals surface area contributed by atoms with E-state index in [9.17, 15) is 4.79 Å². The molecule has 0 radical (unpaired) electrons. The third-order valence-electron chi connectivity index (χ3n) is 3.87. The number of nitrogens with zero attached hydrogens (tertiary/aromatic N) is 1. The first-order valence-corrected chi connectivity index (χ1v) is 9.48. The number of carbonyl (C=O) groups is 1. The predicted molar refractivity (Wildman–Crippen MR) is 107 cm³/mol. The van der Waals surface area contributed by atoms with Crippen LogP contribution in [0.5, 0.6) is 0 Å². The first kappa shape index (κ1) is 18.6. The van der Waals surface area contributed by atoms with Gasteiger partial charge in [0.1, 0.15) is 0 Å². The molecule has 1 amide bonds. The Morgan fingerprint density at radius 2 is 1.81 bits per heavy atom. The summed E-state index contributed by atoms with van der Waals surface area (Å²) in [6, 6.07) is 15.5. The summed E-state index contributed by atoms with van der Waals surface area (Å²) in [4.78, 5) is 16.7. The van der Waals surface area contributed by atoms with Gasteiger partial charge in [0.2, 0.25) is 5.91 Å². The van der Waals surface area contributed by atoms with Crippen molar-refractivity contribution in [1.29, 1.82) is 0 Å². The Hall–Kier alpha value is -2.21. The largest absolute Gasteiger partial charge is 0.384 e. The molecule has 1 heterocycles. The lowest BCUT2D eigenvalue weighted by molar-refractivity contribution is -0.115. The summed E-state index contributed by atoms with van der Waals surface area (Å²) in [5.41, 5.74) is 4.02. The third kappa shape index (κ3) is 5.14. The van der Waals surface area contributed by atoms with Gasteiger partial charge in [0, 0.05) is 23.1 Å². The minimum absolute atomic E-state index is 0.0943. The molecule has 0 unspecified atom stereocenters. The zero-order valence-electron chi connectivity index (χ0n) is 14.4. The number of carbonyl (C=O) groups excluding carboxylic acids is 1. The summed E-state index contributed by atoms with van der Waals surface area (Å²) in [6.45, 7) is 0.708. The second kappa shape index (κ2) is 8.94. The Morgan fingerprint density at radius 1 is 1.12 bits per heavy atom. The van der Waals surface area contributed by atoms with E-state index in [-0.39, 0.29) is 5.91 Å². The Kier molecular flexibility index (Phi) is 6.39. The van der Waals surface area contributed by atoms with Gasteiger partial charge in [-0.3, -0.25) is 4.79 Å². The lowest BCUT2D eigenvalue weighted by Crippen LogP contribution is -2.14. The van der Waals surface area contributed by atoms with Crippen LogP contribution in [-0.4, -0.2) is 24.6 Å². The molecule has 4 nitrogen and oxygen atoms in total. The van der Waals surface area contributed by atoms with Gasteiger partial charge in [-0.1, -0.05) is 48.0 Å². The van der Waals surface area contributed by atoms with Crippen LogP contribution in [-0.2, 0) is 22.4 Å². The smallest absolute Gasteiger partial charge is 0.230 e. The van der Waals surface area contributed by atoms with Gasteiger partial charge < -0.3 is 10.1 Å². The highest BCUT2D eigenvalue weighted by molar-refractivity contribution is 7.14. The fourth-order valence-corrected chi connectivity index (χ4v) is 3.34. The summed E-state index contributed by atoms with van der Waals surface area (Å²) < 4.78 is 5.09. The lowest BCUT2D eigenvalue weighted by atomic mass is 10.1. The van der Waals surface area contributed by atoms with E-state index in [2.05, 4.69) is 22.4 Å². The van der Waals surface area contributed by atoms with E-state index in [1.165, 1.54) is 16.9 Å². The number of halogens is 1. The molecule has 3 aromatic rings. The van der Waals surface area contributed by atoms with E-state index in [0.717, 1.165) is 23.2 Å². The molecule has 0 saturated heterocycles. The van der Waals surface area contributed by atoms with Gasteiger partial charge >= 0.3 is 0 Å². The monoisotopic (exact) mass is 386 g/mol. The Balaban J connectivity index is 1.60. The van der Waals surface area contributed by atoms with Crippen LogP contribution in [0, 0.1) is 0 Å². The molecule has 6 heteroatoms. The molecule has 3 rings (SSSR count). The number of hydrogen-bond acceptors (Lipinski definition) is 4. The summed E-state index contributed by atoms with van der Waals surface area (Å²) in [5, 5.41) is 6.06. The van der Waals surface area contributed by atoms with Gasteiger partial charge in [0.25, 0.3) is 0 Å². The number of ether oxygens (including phenoxy) is 1. The SMILES string of the molecule is COCCc1ccc(-c2csc(NC(=O)Cc3ccc(Cl)cc3)n2)cc1. The van der Waals surface area contributed by atoms with Crippen molar-refractivity contribution >= 4 is 34.0 Å². The number of hydrogen-bond donors (Lipinski definition) is 1. The first-order valence-electron chi connectivity index (χ1n) is 8.22. The molecule has 0 bridgehead atoms. The summed E-state index contributed by atoms with van der Waals surface area (Å²) >= 11 is 7.28. The average Bonchev–Trinajstić information content (AvgIpc) is 3.10. The molecule has 0 spiro atoms. The minimum atomic E-state index is -0.0943. The van der Waals surface area contributed by atoms with Crippen LogP contribution in [0.1, 0.15) is 11.1 Å². The Bertz CT molecular complexity index is 860. The summed E-state index contributed by atoms with van der Waals surface area (Å²) in [6.07, 6.45) is 1.18. The van der Waals surface area contributed by atoms with Crippen LogP contribution >= 0.6 is 22.9 Å². The Labute approximate surface area is 161 Å². The summed E-state index contributed by atoms with van der Waals surface area (Å²) in [7, 11) is 1.70. The second-order valence-electron chi connectivity index (χ2n) is 5.83. The van der Waals surface area contributed by atoms with Crippen LogP contribution in [0.2, 0.25) is 5.02 Å². The molecular weight excluding hydrogens is 368 g/mol. The molecule has 2 aromatic carbocycles. The highest BCUT2D eigenvalue weighted by Crippen LogP contribution is 2.25. The van der Waals surface area contributed by atoms with Crippen molar-refractivity contribution in [2.75, 3.05) is 19.0 Å². The van der Waals surface area contributed by atoms with Gasteiger partial charge in [-0.2, -0.15) is 0 Å². The molecule has 1 aromatic heterocycles. The number of amides is 1. The van der Waals surface area contributed by atoms with Crippen molar-refractivity contribution in [2.24, 2.45) is 0 Å². The molecule has 0 saturated carbocycles. The highest BCUT2D eigenvalue weighted by atomic mass is 35.5. The van der Waals surface area contributed by atoms with Crippen LogP contribution < -0.4 is 5.32 Å². The van der Waals surface area contributed by atoms with Crippen molar-refractivity contribution < 1.29 is 9.53 Å². The molecule has 0 fully saturated rings. The maximum atomic E-state index is 12.2. The van der Waals surface area contributed by atoms with Gasteiger partial charge in [-0.25, -0.2) is 4.98 Å². The first-order chi connectivity index (χ1) is 12.6. The molecule has 26 heavy (non-hydrogen) atoms. The van der Waals surface area contributed by atoms with Crippen molar-refractivity contribution in [3.05, 3.63) is 70.1 Å². The molecule has 0 aliphatic rings. The van der Waals surface area contributed by atoms with Crippen molar-refractivity contribution in [3.8, 4) is 11.3 Å². The maximum absolute atomic E-state index is 12.2. The fraction of sp³-hybridized carbons (Fsp3) is 0.200. The van der Waals surface area contributed by atoms with Crippen molar-refractivity contribution in [2.45, 2.75) is 12.8 Å². The minimum Gasteiger partial charge on any atom is -0.384 e. The fourth-order valence-electron chi connectivity index (χ4n) is 2.48. The van der Waals surface area contributed by atoms with Crippen molar-refractivity contribution in [3.63, 3.8) is 0 Å². The third-order valence-corrected chi connectivity index (χ3v) is 4.88. The molecular formula is C20H19ClN2O2S. The molecule has 1 N–H and O–H groups in total. The van der Waals surface area contributed by atoms with Gasteiger partial charge in [-0.05, 0) is 29.7 Å². The van der Waals surface area contributed by atoms with Crippen LogP contribution in [0.15, 0.2) is 53.9 Å². The summed E-state index contributed by atoms with van der Waals surface area (Å²) in [5.74, 6) is -0.0943. The number of rotatable bonds is 7. The number of anilines is 1. The van der Waals surface area contributed by atoms with E-state index in [0.29, 0.717) is 23.2 Å². The number of nitrogens with one attached hydrogen (secondary N) is 1. The van der Waals surface area contributed by atoms with E-state index < -0.39 is 0 Å².